The van der Waals surface area contributed by atoms with E-state index in [1.807, 2.05) is 13.1 Å². The van der Waals surface area contributed by atoms with Gasteiger partial charge >= 0.3 is 0 Å². The Morgan fingerprint density at radius 3 is 3.06 bits per heavy atom. The molecule has 0 spiro atoms. The summed E-state index contributed by atoms with van der Waals surface area (Å²) in [7, 11) is 1.85. The first kappa shape index (κ1) is 8.96. The molecule has 3 N–H and O–H groups in total. The minimum atomic E-state index is -0.102. The normalized spacial score (nSPS) is 11.3. The number of nitrogens with zero attached hydrogens (tertiary/aromatic N) is 2. The minimum absolute atomic E-state index is 0.102. The van der Waals surface area contributed by atoms with Crippen molar-refractivity contribution in [3.05, 3.63) is 34.6 Å². The zero-order valence-electron chi connectivity index (χ0n) is 8.69. The van der Waals surface area contributed by atoms with Gasteiger partial charge in [-0.15, -0.1) is 0 Å². The van der Waals surface area contributed by atoms with Gasteiger partial charge in [-0.25, -0.2) is 4.98 Å². The molecule has 0 unspecified atom stereocenters. The molecule has 0 aliphatic carbocycles. The summed E-state index contributed by atoms with van der Waals surface area (Å²) in [5.41, 5.74) is 8.48. The topological polar surface area (TPSA) is 76.7 Å². The largest absolute Gasteiger partial charge is 0.396 e. The molecule has 2 heterocycles. The molecular weight excluding hydrogens is 204 g/mol. The minimum Gasteiger partial charge on any atom is -0.396 e. The molecule has 3 rings (SSSR count). The van der Waals surface area contributed by atoms with Crippen molar-refractivity contribution in [1.82, 2.24) is 14.8 Å². The third kappa shape index (κ3) is 0.995. The SMILES string of the molecule is Cn1[nH]cc2nc3c(=O)cccc3c(N)c21. The van der Waals surface area contributed by atoms with Crippen LogP contribution < -0.4 is 11.2 Å². The predicted molar refractivity (Wildman–Crippen MR) is 63.3 cm³/mol. The van der Waals surface area contributed by atoms with E-state index in [2.05, 4.69) is 10.1 Å². The first-order valence-electron chi connectivity index (χ1n) is 4.91. The summed E-state index contributed by atoms with van der Waals surface area (Å²) in [6.07, 6.45) is 1.73. The molecular formula is C11H10N4O. The van der Waals surface area contributed by atoms with E-state index in [9.17, 15) is 4.79 Å². The molecule has 2 aromatic heterocycles. The van der Waals surface area contributed by atoms with Crippen molar-refractivity contribution in [2.45, 2.75) is 0 Å². The fourth-order valence-electron chi connectivity index (χ4n) is 1.97. The van der Waals surface area contributed by atoms with Crippen molar-refractivity contribution in [2.24, 2.45) is 7.05 Å². The van der Waals surface area contributed by atoms with Crippen LogP contribution in [0.25, 0.3) is 21.9 Å². The first-order valence-corrected chi connectivity index (χ1v) is 4.91. The van der Waals surface area contributed by atoms with Crippen LogP contribution in [0.5, 0.6) is 0 Å². The predicted octanol–water partition coefficient (Wildman–Crippen LogP) is 0.997. The number of nitrogens with two attached hydrogens (primary N) is 1. The van der Waals surface area contributed by atoms with Gasteiger partial charge in [0.15, 0.2) is 0 Å². The quantitative estimate of drug-likeness (QED) is 0.586. The Morgan fingerprint density at radius 2 is 2.25 bits per heavy atom. The number of aryl methyl sites for hydroxylation is 1. The first-order chi connectivity index (χ1) is 7.68. The number of hydrogen-bond donors (Lipinski definition) is 2. The monoisotopic (exact) mass is 214 g/mol. The highest BCUT2D eigenvalue weighted by molar-refractivity contribution is 6.04. The lowest BCUT2D eigenvalue weighted by Gasteiger charge is -2.03. The van der Waals surface area contributed by atoms with Crippen molar-refractivity contribution in [3.8, 4) is 0 Å². The van der Waals surface area contributed by atoms with E-state index in [4.69, 9.17) is 5.73 Å². The van der Waals surface area contributed by atoms with E-state index in [1.165, 1.54) is 6.07 Å². The molecule has 0 bridgehead atoms. The Bertz CT molecular complexity index is 754. The van der Waals surface area contributed by atoms with Crippen molar-refractivity contribution in [2.75, 3.05) is 5.73 Å². The van der Waals surface area contributed by atoms with Crippen LogP contribution in [0.15, 0.2) is 29.2 Å². The molecule has 5 nitrogen and oxygen atoms in total. The molecule has 5 heteroatoms. The number of pyridine rings is 1. The molecule has 0 atom stereocenters. The van der Waals surface area contributed by atoms with E-state index in [0.29, 0.717) is 22.1 Å². The lowest BCUT2D eigenvalue weighted by Crippen LogP contribution is -2.04. The summed E-state index contributed by atoms with van der Waals surface area (Å²) < 4.78 is 1.79. The molecule has 0 aliphatic rings. The van der Waals surface area contributed by atoms with Crippen LogP contribution in [-0.4, -0.2) is 14.8 Å². The van der Waals surface area contributed by atoms with Gasteiger partial charge in [0.2, 0.25) is 5.43 Å². The number of fused-ring (bicyclic) bond motifs is 2. The molecule has 16 heavy (non-hydrogen) atoms. The second kappa shape index (κ2) is 2.85. The summed E-state index contributed by atoms with van der Waals surface area (Å²) in [6.45, 7) is 0. The van der Waals surface area contributed by atoms with E-state index in [-0.39, 0.29) is 5.43 Å². The lowest BCUT2D eigenvalue weighted by atomic mass is 10.1. The Morgan fingerprint density at radius 1 is 1.44 bits per heavy atom. The van der Waals surface area contributed by atoms with Crippen molar-refractivity contribution in [3.63, 3.8) is 0 Å². The van der Waals surface area contributed by atoms with Crippen LogP contribution >= 0.6 is 0 Å². The van der Waals surface area contributed by atoms with Gasteiger partial charge in [-0.1, -0.05) is 12.1 Å². The van der Waals surface area contributed by atoms with Gasteiger partial charge in [-0.2, -0.15) is 0 Å². The van der Waals surface area contributed by atoms with Crippen LogP contribution in [-0.2, 0) is 7.05 Å². The van der Waals surface area contributed by atoms with Gasteiger partial charge in [-0.05, 0) is 6.07 Å². The maximum Gasteiger partial charge on any atom is 0.204 e. The number of aromatic amines is 1. The summed E-state index contributed by atoms with van der Waals surface area (Å²) in [5, 5.41) is 3.69. The van der Waals surface area contributed by atoms with E-state index < -0.39 is 0 Å². The van der Waals surface area contributed by atoms with Gasteiger partial charge in [0.25, 0.3) is 0 Å². The summed E-state index contributed by atoms with van der Waals surface area (Å²) in [6, 6.07) is 5.00. The standard InChI is InChI=1S/C11H10N4O/c1-15-11-7(5-13-15)14-10-6(9(11)12)3-2-4-8(10)16/h2-5,13H,12H2,1H3. The third-order valence-corrected chi connectivity index (χ3v) is 2.75. The fraction of sp³-hybridized carbons (Fsp3) is 0.0909. The van der Waals surface area contributed by atoms with Crippen molar-refractivity contribution < 1.29 is 0 Å². The highest BCUT2D eigenvalue weighted by Crippen LogP contribution is 2.25. The zero-order chi connectivity index (χ0) is 11.3. The number of hydrogen-bond acceptors (Lipinski definition) is 3. The number of nitrogens with one attached hydrogen (secondary N) is 1. The van der Waals surface area contributed by atoms with Crippen LogP contribution in [0, 0.1) is 0 Å². The molecule has 0 amide bonds. The van der Waals surface area contributed by atoms with Gasteiger partial charge < -0.3 is 10.8 Å². The second-order valence-corrected chi connectivity index (χ2v) is 3.74. The van der Waals surface area contributed by atoms with Crippen molar-refractivity contribution in [1.29, 1.82) is 0 Å². The molecule has 0 aliphatic heterocycles. The van der Waals surface area contributed by atoms with Crippen LogP contribution in [0.4, 0.5) is 5.69 Å². The molecule has 0 fully saturated rings. The summed E-state index contributed by atoms with van der Waals surface area (Å²) in [4.78, 5) is 16.0. The van der Waals surface area contributed by atoms with E-state index >= 15 is 0 Å². The second-order valence-electron chi connectivity index (χ2n) is 3.74. The highest BCUT2D eigenvalue weighted by Gasteiger charge is 2.10. The van der Waals surface area contributed by atoms with Crippen LogP contribution in [0.3, 0.4) is 0 Å². The molecule has 0 saturated heterocycles. The molecule has 0 radical (unpaired) electrons. The Kier molecular flexibility index (Phi) is 1.60. The Balaban J connectivity index is 2.68. The molecule has 80 valence electrons. The van der Waals surface area contributed by atoms with Crippen LogP contribution in [0.1, 0.15) is 0 Å². The average Bonchev–Trinajstić information content (AvgIpc) is 2.63. The smallest absolute Gasteiger partial charge is 0.204 e. The number of nitrogen functional groups attached to an aromatic ring is 1. The maximum absolute atomic E-state index is 11.6. The van der Waals surface area contributed by atoms with E-state index in [0.717, 1.165) is 5.52 Å². The number of para-hydroxylation sites is 1. The number of H-pyrrole nitrogens is 1. The number of aromatic nitrogens is 3. The summed E-state index contributed by atoms with van der Waals surface area (Å²) >= 11 is 0. The molecule has 3 aromatic rings. The Labute approximate surface area is 90.5 Å². The molecule has 1 aromatic carbocycles. The fourth-order valence-corrected chi connectivity index (χ4v) is 1.97. The van der Waals surface area contributed by atoms with E-state index in [1.54, 1.807) is 16.9 Å². The van der Waals surface area contributed by atoms with Gasteiger partial charge in [-0.3, -0.25) is 9.48 Å². The van der Waals surface area contributed by atoms with Gasteiger partial charge in [0.1, 0.15) is 16.6 Å². The van der Waals surface area contributed by atoms with Crippen molar-refractivity contribution >= 4 is 27.6 Å². The number of benzene rings is 1. The lowest BCUT2D eigenvalue weighted by molar-refractivity contribution is 0.798. The highest BCUT2D eigenvalue weighted by atomic mass is 16.1. The third-order valence-electron chi connectivity index (χ3n) is 2.75. The number of anilines is 1. The van der Waals surface area contributed by atoms with Crippen LogP contribution in [0.2, 0.25) is 0 Å². The number of rotatable bonds is 0. The zero-order valence-corrected chi connectivity index (χ0v) is 8.69. The van der Waals surface area contributed by atoms with Gasteiger partial charge in [0.05, 0.1) is 5.69 Å². The summed E-state index contributed by atoms with van der Waals surface area (Å²) in [5.74, 6) is 0. The Hall–Kier alpha value is -2.30. The molecule has 0 saturated carbocycles. The average molecular weight is 214 g/mol. The maximum atomic E-state index is 11.6. The van der Waals surface area contributed by atoms with Gasteiger partial charge in [0, 0.05) is 18.6 Å².